The molecule has 1 unspecified atom stereocenters. The lowest BCUT2D eigenvalue weighted by molar-refractivity contribution is -0.138. The molecule has 1 N–H and O–H groups in total. The number of carboxylic acids is 1. The number of rotatable bonds is 3. The first-order chi connectivity index (χ1) is 6.15. The summed E-state index contributed by atoms with van der Waals surface area (Å²) in [6.07, 6.45) is 0.594. The molecule has 0 radical (unpaired) electrons. The molecule has 0 heterocycles. The molecular formula is C10H11ClO2. The summed E-state index contributed by atoms with van der Waals surface area (Å²) in [6, 6.07) is 6.93. The van der Waals surface area contributed by atoms with Gasteiger partial charge in [0.15, 0.2) is 0 Å². The number of carbonyl (C=O) groups is 1. The average Bonchev–Trinajstić information content (AvgIpc) is 2.09. The highest BCUT2D eigenvalue weighted by Crippen LogP contribution is 2.21. The van der Waals surface area contributed by atoms with E-state index in [0.29, 0.717) is 11.4 Å². The lowest BCUT2D eigenvalue weighted by atomic mass is 9.97. The van der Waals surface area contributed by atoms with Crippen LogP contribution in [0.2, 0.25) is 5.02 Å². The smallest absolute Gasteiger partial charge is 0.310 e. The summed E-state index contributed by atoms with van der Waals surface area (Å²) in [7, 11) is 0. The summed E-state index contributed by atoms with van der Waals surface area (Å²) < 4.78 is 0. The number of hydrogen-bond donors (Lipinski definition) is 1. The number of benzene rings is 1. The first-order valence-electron chi connectivity index (χ1n) is 4.13. The van der Waals surface area contributed by atoms with Crippen LogP contribution in [0.1, 0.15) is 24.8 Å². The summed E-state index contributed by atoms with van der Waals surface area (Å²) in [4.78, 5) is 10.8. The molecule has 0 aromatic heterocycles. The molecule has 0 aliphatic heterocycles. The van der Waals surface area contributed by atoms with Crippen molar-refractivity contribution in [3.63, 3.8) is 0 Å². The Balaban J connectivity index is 2.92. The summed E-state index contributed by atoms with van der Waals surface area (Å²) in [5.41, 5.74) is 0.805. The second-order valence-corrected chi connectivity index (χ2v) is 3.29. The average molecular weight is 199 g/mol. The molecule has 0 bridgehead atoms. The van der Waals surface area contributed by atoms with Crippen molar-refractivity contribution in [1.29, 1.82) is 0 Å². The number of carboxylic acid groups (broad SMARTS) is 1. The lowest BCUT2D eigenvalue weighted by Crippen LogP contribution is -2.09. The van der Waals surface area contributed by atoms with E-state index in [1.165, 1.54) is 0 Å². The summed E-state index contributed by atoms with van der Waals surface area (Å²) in [6.45, 7) is 1.85. The van der Waals surface area contributed by atoms with Crippen molar-refractivity contribution in [1.82, 2.24) is 0 Å². The monoisotopic (exact) mass is 198 g/mol. The molecule has 0 aliphatic carbocycles. The predicted molar refractivity (Wildman–Crippen MR) is 52.1 cm³/mol. The number of hydrogen-bond acceptors (Lipinski definition) is 1. The van der Waals surface area contributed by atoms with E-state index in [2.05, 4.69) is 0 Å². The van der Waals surface area contributed by atoms with Crippen LogP contribution < -0.4 is 0 Å². The normalized spacial score (nSPS) is 12.5. The number of halogens is 1. The van der Waals surface area contributed by atoms with Gasteiger partial charge in [0.1, 0.15) is 0 Å². The van der Waals surface area contributed by atoms with E-state index in [9.17, 15) is 4.79 Å². The quantitative estimate of drug-likeness (QED) is 0.811. The second kappa shape index (κ2) is 4.28. The van der Waals surface area contributed by atoms with Crippen molar-refractivity contribution in [3.8, 4) is 0 Å². The van der Waals surface area contributed by atoms with Gasteiger partial charge in [-0.05, 0) is 24.1 Å². The van der Waals surface area contributed by atoms with Gasteiger partial charge in [-0.25, -0.2) is 0 Å². The summed E-state index contributed by atoms with van der Waals surface area (Å²) in [5, 5.41) is 9.49. The van der Waals surface area contributed by atoms with Gasteiger partial charge in [0, 0.05) is 5.02 Å². The Kier molecular flexibility index (Phi) is 3.32. The molecule has 1 aromatic rings. The van der Waals surface area contributed by atoms with Crippen LogP contribution in [-0.2, 0) is 4.79 Å². The van der Waals surface area contributed by atoms with Crippen LogP contribution in [0.25, 0.3) is 0 Å². The highest BCUT2D eigenvalue weighted by atomic mass is 35.5. The van der Waals surface area contributed by atoms with Gasteiger partial charge in [0.05, 0.1) is 5.92 Å². The van der Waals surface area contributed by atoms with Gasteiger partial charge >= 0.3 is 5.97 Å². The van der Waals surface area contributed by atoms with E-state index in [1.54, 1.807) is 24.3 Å². The molecule has 13 heavy (non-hydrogen) atoms. The molecule has 2 nitrogen and oxygen atoms in total. The Labute approximate surface area is 82.2 Å². The second-order valence-electron chi connectivity index (χ2n) is 2.85. The highest BCUT2D eigenvalue weighted by molar-refractivity contribution is 6.30. The molecule has 0 aliphatic rings. The molecule has 0 saturated heterocycles. The molecule has 0 amide bonds. The number of aliphatic carboxylic acids is 1. The largest absolute Gasteiger partial charge is 0.481 e. The maximum atomic E-state index is 10.8. The van der Waals surface area contributed by atoms with Crippen molar-refractivity contribution < 1.29 is 9.90 Å². The fraction of sp³-hybridized carbons (Fsp3) is 0.300. The van der Waals surface area contributed by atoms with Crippen molar-refractivity contribution in [2.45, 2.75) is 19.3 Å². The van der Waals surface area contributed by atoms with Crippen LogP contribution in [-0.4, -0.2) is 11.1 Å². The minimum atomic E-state index is -0.787. The predicted octanol–water partition coefficient (Wildman–Crippen LogP) is 2.92. The molecule has 1 aromatic carbocycles. The lowest BCUT2D eigenvalue weighted by Gasteiger charge is -2.09. The zero-order valence-electron chi connectivity index (χ0n) is 7.33. The fourth-order valence-corrected chi connectivity index (χ4v) is 1.37. The van der Waals surface area contributed by atoms with E-state index in [4.69, 9.17) is 16.7 Å². The van der Waals surface area contributed by atoms with Crippen molar-refractivity contribution in [3.05, 3.63) is 34.9 Å². The Morgan fingerprint density at radius 3 is 2.38 bits per heavy atom. The van der Waals surface area contributed by atoms with Crippen LogP contribution in [0.4, 0.5) is 0 Å². The molecule has 1 rings (SSSR count). The Morgan fingerprint density at radius 2 is 2.00 bits per heavy atom. The van der Waals surface area contributed by atoms with Crippen LogP contribution in [0.3, 0.4) is 0 Å². The molecule has 0 saturated carbocycles. The van der Waals surface area contributed by atoms with Gasteiger partial charge in [-0.1, -0.05) is 30.7 Å². The molecule has 0 fully saturated rings. The van der Waals surface area contributed by atoms with E-state index in [1.807, 2.05) is 6.92 Å². The van der Waals surface area contributed by atoms with Crippen molar-refractivity contribution >= 4 is 17.6 Å². The SMILES string of the molecule is CCC(C(=O)O)c1ccc(Cl)cc1. The Morgan fingerprint density at radius 1 is 1.46 bits per heavy atom. The van der Waals surface area contributed by atoms with Crippen LogP contribution in [0.15, 0.2) is 24.3 Å². The van der Waals surface area contributed by atoms with Gasteiger partial charge < -0.3 is 5.11 Å². The fourth-order valence-electron chi connectivity index (χ4n) is 1.25. The van der Waals surface area contributed by atoms with Crippen LogP contribution in [0, 0.1) is 0 Å². The van der Waals surface area contributed by atoms with Gasteiger partial charge in [-0.15, -0.1) is 0 Å². The maximum absolute atomic E-state index is 10.8. The van der Waals surface area contributed by atoms with E-state index in [0.717, 1.165) is 5.56 Å². The highest BCUT2D eigenvalue weighted by Gasteiger charge is 2.16. The van der Waals surface area contributed by atoms with Gasteiger partial charge in [0.2, 0.25) is 0 Å². The molecular weight excluding hydrogens is 188 g/mol. The third-order valence-corrected chi connectivity index (χ3v) is 2.23. The van der Waals surface area contributed by atoms with E-state index >= 15 is 0 Å². The third-order valence-electron chi connectivity index (χ3n) is 1.98. The van der Waals surface area contributed by atoms with Crippen LogP contribution in [0.5, 0.6) is 0 Å². The zero-order valence-corrected chi connectivity index (χ0v) is 8.08. The van der Waals surface area contributed by atoms with Gasteiger partial charge in [-0.3, -0.25) is 4.79 Å². The topological polar surface area (TPSA) is 37.3 Å². The third kappa shape index (κ3) is 2.46. The molecule has 1 atom stereocenters. The van der Waals surface area contributed by atoms with Gasteiger partial charge in [-0.2, -0.15) is 0 Å². The first kappa shape index (κ1) is 10.1. The molecule has 3 heteroatoms. The van der Waals surface area contributed by atoms with Crippen molar-refractivity contribution in [2.24, 2.45) is 0 Å². The Bertz CT molecular complexity index is 292. The maximum Gasteiger partial charge on any atom is 0.310 e. The van der Waals surface area contributed by atoms with E-state index in [-0.39, 0.29) is 0 Å². The van der Waals surface area contributed by atoms with Gasteiger partial charge in [0.25, 0.3) is 0 Å². The van der Waals surface area contributed by atoms with E-state index < -0.39 is 11.9 Å². The zero-order chi connectivity index (χ0) is 9.84. The molecule has 0 spiro atoms. The standard InChI is InChI=1S/C10H11ClO2/c1-2-9(10(12)13)7-3-5-8(11)6-4-7/h3-6,9H,2H2,1H3,(H,12,13). The van der Waals surface area contributed by atoms with Crippen LogP contribution >= 0.6 is 11.6 Å². The first-order valence-corrected chi connectivity index (χ1v) is 4.51. The Hall–Kier alpha value is -1.02. The summed E-state index contributed by atoms with van der Waals surface area (Å²) in [5.74, 6) is -1.21. The van der Waals surface area contributed by atoms with Crippen molar-refractivity contribution in [2.75, 3.05) is 0 Å². The molecule has 70 valence electrons. The summed E-state index contributed by atoms with van der Waals surface area (Å²) >= 11 is 5.69. The minimum Gasteiger partial charge on any atom is -0.481 e. The minimum absolute atomic E-state index is 0.419.